The van der Waals surface area contributed by atoms with Crippen LogP contribution in [0.3, 0.4) is 0 Å². The molecule has 0 atom stereocenters. The van der Waals surface area contributed by atoms with Crippen molar-refractivity contribution in [2.75, 3.05) is 19.6 Å². The molecule has 1 saturated heterocycles. The van der Waals surface area contributed by atoms with Gasteiger partial charge >= 0.3 is 0 Å². The number of thiophene rings is 1. The largest absolute Gasteiger partial charge is 0.351 e. The summed E-state index contributed by atoms with van der Waals surface area (Å²) < 4.78 is 1.80. The summed E-state index contributed by atoms with van der Waals surface area (Å²) in [6, 6.07) is 0. The first kappa shape index (κ1) is 19.1. The molecule has 0 radical (unpaired) electrons. The molecular formula is C20H26N4O3S. The van der Waals surface area contributed by atoms with E-state index in [2.05, 4.69) is 5.32 Å². The van der Waals surface area contributed by atoms with Crippen molar-refractivity contribution in [2.24, 2.45) is 0 Å². The number of aryl methyl sites for hydroxylation is 2. The summed E-state index contributed by atoms with van der Waals surface area (Å²) in [5.74, 6) is 0.893. The lowest BCUT2D eigenvalue weighted by atomic mass is 10.2. The molecule has 0 saturated carbocycles. The summed E-state index contributed by atoms with van der Waals surface area (Å²) in [4.78, 5) is 45.1. The van der Waals surface area contributed by atoms with Gasteiger partial charge in [-0.15, -0.1) is 11.3 Å². The molecule has 1 fully saturated rings. The summed E-state index contributed by atoms with van der Waals surface area (Å²) in [7, 11) is 0. The van der Waals surface area contributed by atoms with Gasteiger partial charge in [0.25, 0.3) is 11.5 Å². The van der Waals surface area contributed by atoms with Crippen molar-refractivity contribution in [3.8, 4) is 0 Å². The lowest BCUT2D eigenvalue weighted by molar-refractivity contribution is -0.127. The minimum atomic E-state index is -0.159. The molecule has 2 aromatic heterocycles. The van der Waals surface area contributed by atoms with Gasteiger partial charge in [0.2, 0.25) is 5.91 Å². The van der Waals surface area contributed by atoms with Crippen molar-refractivity contribution in [2.45, 2.75) is 58.4 Å². The lowest BCUT2D eigenvalue weighted by Gasteiger charge is -2.15. The molecular weight excluding hydrogens is 376 g/mol. The van der Waals surface area contributed by atoms with E-state index in [4.69, 9.17) is 4.98 Å². The SMILES string of the molecule is Cc1c(C(=O)NCCCN2CCCC2=O)sc2nc3n(c(=O)c12)CCCCC3. The first-order valence-electron chi connectivity index (χ1n) is 10.1. The second kappa shape index (κ2) is 8.03. The van der Waals surface area contributed by atoms with Crippen LogP contribution in [-0.2, 0) is 17.8 Å². The summed E-state index contributed by atoms with van der Waals surface area (Å²) in [5.41, 5.74) is 0.714. The normalized spacial score (nSPS) is 17.0. The maximum atomic E-state index is 13.0. The Morgan fingerprint density at radius 3 is 2.79 bits per heavy atom. The van der Waals surface area contributed by atoms with E-state index in [1.54, 1.807) is 4.57 Å². The first-order valence-corrected chi connectivity index (χ1v) is 11.0. The molecule has 0 aromatic carbocycles. The number of rotatable bonds is 5. The Hall–Kier alpha value is -2.22. The predicted octanol–water partition coefficient (Wildman–Crippen LogP) is 2.24. The Morgan fingerprint density at radius 2 is 2.00 bits per heavy atom. The molecule has 2 aliphatic heterocycles. The van der Waals surface area contributed by atoms with E-state index >= 15 is 0 Å². The molecule has 2 aliphatic rings. The molecule has 8 heteroatoms. The van der Waals surface area contributed by atoms with Crippen molar-refractivity contribution >= 4 is 33.4 Å². The second-order valence-corrected chi connectivity index (χ2v) is 8.62. The molecule has 150 valence electrons. The van der Waals surface area contributed by atoms with Crippen LogP contribution in [0.25, 0.3) is 10.2 Å². The average molecular weight is 403 g/mol. The summed E-state index contributed by atoms with van der Waals surface area (Å²) in [6.07, 6.45) is 6.28. The lowest BCUT2D eigenvalue weighted by Crippen LogP contribution is -2.30. The van der Waals surface area contributed by atoms with Crippen molar-refractivity contribution in [3.63, 3.8) is 0 Å². The first-order chi connectivity index (χ1) is 13.6. The number of nitrogens with zero attached hydrogens (tertiary/aromatic N) is 3. The third kappa shape index (κ3) is 3.57. The Kier molecular flexibility index (Phi) is 5.48. The van der Waals surface area contributed by atoms with Gasteiger partial charge in [-0.1, -0.05) is 6.42 Å². The van der Waals surface area contributed by atoms with E-state index in [0.717, 1.165) is 56.5 Å². The molecule has 7 nitrogen and oxygen atoms in total. The van der Waals surface area contributed by atoms with Gasteiger partial charge in [0.15, 0.2) is 0 Å². The van der Waals surface area contributed by atoms with Gasteiger partial charge in [-0.25, -0.2) is 4.98 Å². The zero-order chi connectivity index (χ0) is 19.7. The topological polar surface area (TPSA) is 84.3 Å². The Balaban J connectivity index is 1.48. The van der Waals surface area contributed by atoms with Gasteiger partial charge in [-0.2, -0.15) is 0 Å². The highest BCUT2D eigenvalue weighted by Gasteiger charge is 2.22. The van der Waals surface area contributed by atoms with E-state index < -0.39 is 0 Å². The van der Waals surface area contributed by atoms with Crippen LogP contribution in [0.2, 0.25) is 0 Å². The van der Waals surface area contributed by atoms with Crippen LogP contribution in [0, 0.1) is 6.92 Å². The predicted molar refractivity (Wildman–Crippen MR) is 109 cm³/mol. The number of aromatic nitrogens is 2. The highest BCUT2D eigenvalue weighted by atomic mass is 32.1. The molecule has 1 N–H and O–H groups in total. The zero-order valence-corrected chi connectivity index (χ0v) is 17.1. The third-order valence-electron chi connectivity index (χ3n) is 5.68. The van der Waals surface area contributed by atoms with Crippen molar-refractivity contribution in [3.05, 3.63) is 26.6 Å². The summed E-state index contributed by atoms with van der Waals surface area (Å²) in [6.45, 7) is 4.56. The van der Waals surface area contributed by atoms with E-state index in [9.17, 15) is 14.4 Å². The summed E-state index contributed by atoms with van der Waals surface area (Å²) >= 11 is 1.31. The zero-order valence-electron chi connectivity index (χ0n) is 16.3. The van der Waals surface area contributed by atoms with Crippen LogP contribution in [0.5, 0.6) is 0 Å². The third-order valence-corrected chi connectivity index (χ3v) is 6.86. The number of nitrogens with one attached hydrogen (secondary N) is 1. The quantitative estimate of drug-likeness (QED) is 0.778. The van der Waals surface area contributed by atoms with Gasteiger partial charge < -0.3 is 10.2 Å². The number of hydrogen-bond acceptors (Lipinski definition) is 5. The average Bonchev–Trinajstić information content (AvgIpc) is 3.13. The maximum absolute atomic E-state index is 13.0. The van der Waals surface area contributed by atoms with Gasteiger partial charge in [-0.05, 0) is 38.2 Å². The minimum absolute atomic E-state index is 0.0118. The van der Waals surface area contributed by atoms with Gasteiger partial charge in [0.1, 0.15) is 10.7 Å². The van der Waals surface area contributed by atoms with E-state index in [-0.39, 0.29) is 17.4 Å². The van der Waals surface area contributed by atoms with Crippen LogP contribution >= 0.6 is 11.3 Å². The number of fused-ring (bicyclic) bond motifs is 2. The molecule has 0 aliphatic carbocycles. The molecule has 2 aromatic rings. The van der Waals surface area contributed by atoms with E-state index in [0.29, 0.717) is 41.1 Å². The van der Waals surface area contributed by atoms with Crippen molar-refractivity contribution < 1.29 is 9.59 Å². The van der Waals surface area contributed by atoms with Crippen LogP contribution in [-0.4, -0.2) is 45.9 Å². The van der Waals surface area contributed by atoms with Gasteiger partial charge in [-0.3, -0.25) is 19.0 Å². The Bertz CT molecular complexity index is 978. The smallest absolute Gasteiger partial charge is 0.262 e. The maximum Gasteiger partial charge on any atom is 0.262 e. The summed E-state index contributed by atoms with van der Waals surface area (Å²) in [5, 5.41) is 3.52. The van der Waals surface area contributed by atoms with Gasteiger partial charge in [0.05, 0.1) is 10.3 Å². The number of carbonyl (C=O) groups excluding carboxylic acids is 2. The van der Waals surface area contributed by atoms with E-state index in [1.807, 2.05) is 11.8 Å². The molecule has 4 heterocycles. The number of likely N-dealkylation sites (tertiary alicyclic amines) is 1. The number of carbonyl (C=O) groups is 2. The highest BCUT2D eigenvalue weighted by Crippen LogP contribution is 2.28. The monoisotopic (exact) mass is 402 g/mol. The Labute approximate surface area is 167 Å². The number of hydrogen-bond donors (Lipinski definition) is 1. The van der Waals surface area contributed by atoms with Crippen molar-refractivity contribution in [1.29, 1.82) is 0 Å². The fourth-order valence-corrected chi connectivity index (χ4v) is 5.23. The molecule has 0 unspecified atom stereocenters. The molecule has 2 amide bonds. The second-order valence-electron chi connectivity index (χ2n) is 7.63. The fraction of sp³-hybridized carbons (Fsp3) is 0.600. The van der Waals surface area contributed by atoms with E-state index in [1.165, 1.54) is 11.3 Å². The van der Waals surface area contributed by atoms with Crippen LogP contribution < -0.4 is 10.9 Å². The molecule has 0 spiro atoms. The molecule has 4 rings (SSSR count). The van der Waals surface area contributed by atoms with Crippen LogP contribution in [0.1, 0.15) is 59.6 Å². The van der Waals surface area contributed by atoms with Gasteiger partial charge in [0, 0.05) is 39.0 Å². The number of amides is 2. The standard InChI is InChI=1S/C20H26N4O3S/c1-13-16-19(22-14-7-3-2-4-12-24(14)20(16)27)28-17(13)18(26)21-9-6-11-23-10-5-8-15(23)25/h2-12H2,1H3,(H,21,26). The van der Waals surface area contributed by atoms with Crippen LogP contribution in [0.4, 0.5) is 0 Å². The van der Waals surface area contributed by atoms with Crippen molar-refractivity contribution in [1.82, 2.24) is 19.8 Å². The Morgan fingerprint density at radius 1 is 1.14 bits per heavy atom. The molecule has 28 heavy (non-hydrogen) atoms. The fourth-order valence-electron chi connectivity index (χ4n) is 4.12. The molecule has 0 bridgehead atoms. The minimum Gasteiger partial charge on any atom is -0.351 e. The highest BCUT2D eigenvalue weighted by molar-refractivity contribution is 7.20. The van der Waals surface area contributed by atoms with Crippen LogP contribution in [0.15, 0.2) is 4.79 Å².